The smallest absolute Gasteiger partial charge is 0.133 e. The van der Waals surface area contributed by atoms with Gasteiger partial charge in [-0.15, -0.1) is 0 Å². The summed E-state index contributed by atoms with van der Waals surface area (Å²) in [5, 5.41) is 3.47. The molecule has 3 rings (SSSR count). The molecular weight excluding hydrogens is 214 g/mol. The molecule has 1 aliphatic heterocycles. The van der Waals surface area contributed by atoms with Crippen molar-refractivity contribution in [2.45, 2.75) is 44.2 Å². The van der Waals surface area contributed by atoms with E-state index in [4.69, 9.17) is 4.74 Å². The molecule has 1 atom stereocenters. The van der Waals surface area contributed by atoms with E-state index in [1.807, 2.05) is 12.4 Å². The Kier molecular flexibility index (Phi) is 3.34. The lowest BCUT2D eigenvalue weighted by atomic mass is 10.0. The fourth-order valence-corrected chi connectivity index (χ4v) is 2.16. The van der Waals surface area contributed by atoms with E-state index in [0.717, 1.165) is 44.5 Å². The zero-order valence-corrected chi connectivity index (χ0v) is 10.1. The summed E-state index contributed by atoms with van der Waals surface area (Å²) in [5.41, 5.74) is 1.18. The van der Waals surface area contributed by atoms with Gasteiger partial charge in [-0.25, -0.2) is 9.97 Å². The highest BCUT2D eigenvalue weighted by Crippen LogP contribution is 2.22. The number of rotatable bonds is 4. The summed E-state index contributed by atoms with van der Waals surface area (Å²) in [6.07, 6.45) is 8.81. The van der Waals surface area contributed by atoms with Crippen LogP contribution in [0.4, 0.5) is 0 Å². The summed E-state index contributed by atoms with van der Waals surface area (Å²) < 4.78 is 5.46. The number of aromatic nitrogens is 2. The molecule has 1 unspecified atom stereocenters. The minimum Gasteiger partial charge on any atom is -0.381 e. The maximum absolute atomic E-state index is 5.46. The molecule has 92 valence electrons. The van der Waals surface area contributed by atoms with Crippen molar-refractivity contribution in [2.75, 3.05) is 13.2 Å². The van der Waals surface area contributed by atoms with Gasteiger partial charge in [-0.3, -0.25) is 0 Å². The third-order valence-electron chi connectivity index (χ3n) is 3.42. The quantitative estimate of drug-likeness (QED) is 0.858. The molecule has 0 radical (unpaired) electrons. The van der Waals surface area contributed by atoms with Crippen LogP contribution in [0.3, 0.4) is 0 Å². The normalized spacial score (nSPS) is 24.8. The summed E-state index contributed by atoms with van der Waals surface area (Å²) in [6, 6.07) is 0.737. The van der Waals surface area contributed by atoms with Crippen LogP contribution in [0.1, 0.15) is 43.0 Å². The predicted molar refractivity (Wildman–Crippen MR) is 64.7 cm³/mol. The van der Waals surface area contributed by atoms with Crippen molar-refractivity contribution in [3.8, 4) is 0 Å². The van der Waals surface area contributed by atoms with Crippen LogP contribution in [0.5, 0.6) is 0 Å². The van der Waals surface area contributed by atoms with Crippen LogP contribution in [0.2, 0.25) is 0 Å². The Bertz CT molecular complexity index is 355. The van der Waals surface area contributed by atoms with Crippen molar-refractivity contribution in [3.05, 3.63) is 23.8 Å². The first kappa shape index (κ1) is 11.1. The van der Waals surface area contributed by atoms with Gasteiger partial charge in [0, 0.05) is 43.1 Å². The Morgan fingerprint density at radius 2 is 2.06 bits per heavy atom. The van der Waals surface area contributed by atoms with Crippen molar-refractivity contribution in [2.24, 2.45) is 0 Å². The Hall–Kier alpha value is -1.00. The molecule has 4 nitrogen and oxygen atoms in total. The molecule has 0 amide bonds. The minimum absolute atomic E-state index is 0.397. The van der Waals surface area contributed by atoms with Gasteiger partial charge in [-0.05, 0) is 25.7 Å². The van der Waals surface area contributed by atoms with Crippen molar-refractivity contribution < 1.29 is 4.74 Å². The van der Waals surface area contributed by atoms with E-state index >= 15 is 0 Å². The van der Waals surface area contributed by atoms with Gasteiger partial charge in [0.1, 0.15) is 5.82 Å². The molecular formula is C13H19N3O. The molecule has 1 saturated heterocycles. The Balaban J connectivity index is 1.58. The monoisotopic (exact) mass is 233 g/mol. The molecule has 2 fully saturated rings. The van der Waals surface area contributed by atoms with Crippen LogP contribution in [-0.4, -0.2) is 29.2 Å². The van der Waals surface area contributed by atoms with Crippen molar-refractivity contribution in [3.63, 3.8) is 0 Å². The highest BCUT2D eigenvalue weighted by molar-refractivity contribution is 5.08. The molecule has 1 aromatic rings. The van der Waals surface area contributed by atoms with Crippen LogP contribution >= 0.6 is 0 Å². The highest BCUT2D eigenvalue weighted by Gasteiger charge is 2.21. The molecule has 0 spiro atoms. The van der Waals surface area contributed by atoms with Gasteiger partial charge >= 0.3 is 0 Å². The SMILES string of the molecule is c1nc(C2CCCOC2)ncc1CNC1CC1. The second-order valence-corrected chi connectivity index (χ2v) is 5.02. The van der Waals surface area contributed by atoms with E-state index in [1.165, 1.54) is 18.4 Å². The van der Waals surface area contributed by atoms with Gasteiger partial charge < -0.3 is 10.1 Å². The molecule has 1 saturated carbocycles. The van der Waals surface area contributed by atoms with E-state index in [-0.39, 0.29) is 0 Å². The first-order chi connectivity index (χ1) is 8.42. The van der Waals surface area contributed by atoms with Crippen molar-refractivity contribution in [1.29, 1.82) is 0 Å². The topological polar surface area (TPSA) is 47.0 Å². The fourth-order valence-electron chi connectivity index (χ4n) is 2.16. The molecule has 1 N–H and O–H groups in total. The highest BCUT2D eigenvalue weighted by atomic mass is 16.5. The summed E-state index contributed by atoms with van der Waals surface area (Å²) in [7, 11) is 0. The number of nitrogens with one attached hydrogen (secondary N) is 1. The number of hydrogen-bond donors (Lipinski definition) is 1. The molecule has 2 heterocycles. The molecule has 17 heavy (non-hydrogen) atoms. The largest absolute Gasteiger partial charge is 0.381 e. The average Bonchev–Trinajstić information content (AvgIpc) is 3.22. The summed E-state index contributed by atoms with van der Waals surface area (Å²) in [6.45, 7) is 2.56. The zero-order valence-electron chi connectivity index (χ0n) is 10.1. The molecule has 1 aliphatic carbocycles. The second-order valence-electron chi connectivity index (χ2n) is 5.02. The van der Waals surface area contributed by atoms with E-state index in [0.29, 0.717) is 5.92 Å². The lowest BCUT2D eigenvalue weighted by Crippen LogP contribution is -2.19. The Morgan fingerprint density at radius 1 is 1.24 bits per heavy atom. The van der Waals surface area contributed by atoms with Gasteiger partial charge in [0.2, 0.25) is 0 Å². The number of nitrogens with zero attached hydrogens (tertiary/aromatic N) is 2. The maximum atomic E-state index is 5.46. The minimum atomic E-state index is 0.397. The van der Waals surface area contributed by atoms with E-state index in [2.05, 4.69) is 15.3 Å². The lowest BCUT2D eigenvalue weighted by Gasteiger charge is -2.20. The lowest BCUT2D eigenvalue weighted by molar-refractivity contribution is 0.0780. The summed E-state index contributed by atoms with van der Waals surface area (Å²) >= 11 is 0. The molecule has 4 heteroatoms. The van der Waals surface area contributed by atoms with E-state index in [9.17, 15) is 0 Å². The molecule has 1 aromatic heterocycles. The summed E-state index contributed by atoms with van der Waals surface area (Å²) in [4.78, 5) is 8.94. The van der Waals surface area contributed by atoms with Gasteiger partial charge in [-0.2, -0.15) is 0 Å². The van der Waals surface area contributed by atoms with Crippen molar-refractivity contribution in [1.82, 2.24) is 15.3 Å². The van der Waals surface area contributed by atoms with Crippen LogP contribution < -0.4 is 5.32 Å². The van der Waals surface area contributed by atoms with Gasteiger partial charge in [0.05, 0.1) is 6.61 Å². The third kappa shape index (κ3) is 3.01. The third-order valence-corrected chi connectivity index (χ3v) is 3.42. The van der Waals surface area contributed by atoms with Gasteiger partial charge in [-0.1, -0.05) is 0 Å². The zero-order chi connectivity index (χ0) is 11.5. The van der Waals surface area contributed by atoms with E-state index < -0.39 is 0 Å². The molecule has 2 aliphatic rings. The Labute approximate surface area is 102 Å². The fraction of sp³-hybridized carbons (Fsp3) is 0.692. The standard InChI is InChI=1S/C13H19N3O/c1-2-11(9-17-5-1)13-15-7-10(8-16-13)6-14-12-3-4-12/h7-8,11-12,14H,1-6,9H2. The van der Waals surface area contributed by atoms with Crippen LogP contribution in [0.15, 0.2) is 12.4 Å². The average molecular weight is 233 g/mol. The van der Waals surface area contributed by atoms with Crippen LogP contribution in [-0.2, 0) is 11.3 Å². The van der Waals surface area contributed by atoms with Gasteiger partial charge in [0.15, 0.2) is 0 Å². The molecule has 0 aromatic carbocycles. The van der Waals surface area contributed by atoms with Crippen LogP contribution in [0, 0.1) is 0 Å². The Morgan fingerprint density at radius 3 is 2.71 bits per heavy atom. The summed E-state index contributed by atoms with van der Waals surface area (Å²) in [5.74, 6) is 1.34. The van der Waals surface area contributed by atoms with Gasteiger partial charge in [0.25, 0.3) is 0 Å². The first-order valence-corrected chi connectivity index (χ1v) is 6.54. The number of ether oxygens (including phenoxy) is 1. The number of hydrogen-bond acceptors (Lipinski definition) is 4. The van der Waals surface area contributed by atoms with E-state index in [1.54, 1.807) is 0 Å². The maximum Gasteiger partial charge on any atom is 0.133 e. The van der Waals surface area contributed by atoms with Crippen LogP contribution in [0.25, 0.3) is 0 Å². The van der Waals surface area contributed by atoms with Crippen molar-refractivity contribution >= 4 is 0 Å². The first-order valence-electron chi connectivity index (χ1n) is 6.54. The second kappa shape index (κ2) is 5.10. The predicted octanol–water partition coefficient (Wildman–Crippen LogP) is 1.62. The molecule has 0 bridgehead atoms.